The maximum Gasteiger partial charge on any atom is 0.273 e. The summed E-state index contributed by atoms with van der Waals surface area (Å²) in [5.74, 6) is -0.0185. The Hall–Kier alpha value is -1.14. The number of hydrogen-bond acceptors (Lipinski definition) is 5. The van der Waals surface area contributed by atoms with E-state index in [-0.39, 0.29) is 5.91 Å². The molecule has 0 spiro atoms. The summed E-state index contributed by atoms with van der Waals surface area (Å²) < 4.78 is 0. The molecule has 19 heavy (non-hydrogen) atoms. The van der Waals surface area contributed by atoms with Gasteiger partial charge in [-0.1, -0.05) is 13.8 Å². The van der Waals surface area contributed by atoms with E-state index < -0.39 is 0 Å². The van der Waals surface area contributed by atoms with Crippen LogP contribution in [0.2, 0.25) is 0 Å². The van der Waals surface area contributed by atoms with Crippen LogP contribution in [0.5, 0.6) is 0 Å². The Bertz CT molecular complexity index is 390. The minimum absolute atomic E-state index is 0.0185. The Labute approximate surface area is 119 Å². The maximum atomic E-state index is 12.2. The summed E-state index contributed by atoms with van der Waals surface area (Å²) in [7, 11) is 0. The molecule has 0 bridgehead atoms. The molecule has 0 aliphatic heterocycles. The van der Waals surface area contributed by atoms with E-state index in [0.29, 0.717) is 17.4 Å². The van der Waals surface area contributed by atoms with Gasteiger partial charge in [0.2, 0.25) is 0 Å². The van der Waals surface area contributed by atoms with Gasteiger partial charge in [0.15, 0.2) is 5.13 Å². The third-order valence-electron chi connectivity index (χ3n) is 3.21. The fourth-order valence-electron chi connectivity index (χ4n) is 1.98. The smallest absolute Gasteiger partial charge is 0.273 e. The molecule has 0 fully saturated rings. The molecule has 1 rings (SSSR count). The molecule has 0 saturated carbocycles. The van der Waals surface area contributed by atoms with Crippen LogP contribution in [0.3, 0.4) is 0 Å². The van der Waals surface area contributed by atoms with Crippen molar-refractivity contribution >= 4 is 22.4 Å². The molecule has 0 atom stereocenters. The Morgan fingerprint density at radius 1 is 1.26 bits per heavy atom. The van der Waals surface area contributed by atoms with Crippen molar-refractivity contribution in [3.63, 3.8) is 0 Å². The first-order chi connectivity index (χ1) is 9.12. The number of anilines is 1. The van der Waals surface area contributed by atoms with Crippen LogP contribution in [0, 0.1) is 0 Å². The fourth-order valence-corrected chi connectivity index (χ4v) is 2.51. The third-order valence-corrected chi connectivity index (χ3v) is 3.88. The summed E-state index contributed by atoms with van der Waals surface area (Å²) in [5, 5.41) is 2.17. The first kappa shape index (κ1) is 15.9. The van der Waals surface area contributed by atoms with Gasteiger partial charge in [-0.25, -0.2) is 4.98 Å². The van der Waals surface area contributed by atoms with E-state index in [1.54, 1.807) is 5.38 Å². The zero-order valence-electron chi connectivity index (χ0n) is 12.1. The number of carbonyl (C=O) groups excluding carboxylic acids is 1. The van der Waals surface area contributed by atoms with E-state index in [9.17, 15) is 4.79 Å². The molecule has 2 N–H and O–H groups in total. The quantitative estimate of drug-likeness (QED) is 0.792. The summed E-state index contributed by atoms with van der Waals surface area (Å²) in [4.78, 5) is 20.4. The van der Waals surface area contributed by atoms with Crippen LogP contribution >= 0.6 is 11.3 Å². The number of rotatable bonds is 8. The van der Waals surface area contributed by atoms with Crippen LogP contribution in [0.1, 0.15) is 37.7 Å². The van der Waals surface area contributed by atoms with Gasteiger partial charge in [-0.05, 0) is 33.0 Å². The minimum Gasteiger partial charge on any atom is -0.375 e. The second-order valence-corrected chi connectivity index (χ2v) is 5.23. The number of thiazole rings is 1. The maximum absolute atomic E-state index is 12.2. The monoisotopic (exact) mass is 284 g/mol. The minimum atomic E-state index is -0.0185. The van der Waals surface area contributed by atoms with Gasteiger partial charge in [-0.15, -0.1) is 11.3 Å². The second kappa shape index (κ2) is 8.12. The van der Waals surface area contributed by atoms with Crippen molar-refractivity contribution in [2.24, 2.45) is 0 Å². The highest BCUT2D eigenvalue weighted by atomic mass is 32.1. The van der Waals surface area contributed by atoms with Gasteiger partial charge >= 0.3 is 0 Å². The van der Waals surface area contributed by atoms with Crippen molar-refractivity contribution in [3.05, 3.63) is 11.1 Å². The van der Waals surface area contributed by atoms with Crippen molar-refractivity contribution in [2.75, 3.05) is 38.5 Å². The summed E-state index contributed by atoms with van der Waals surface area (Å²) in [6, 6.07) is 0. The summed E-state index contributed by atoms with van der Waals surface area (Å²) >= 11 is 1.31. The molecule has 0 radical (unpaired) electrons. The van der Waals surface area contributed by atoms with Gasteiger partial charge < -0.3 is 15.5 Å². The van der Waals surface area contributed by atoms with Crippen LogP contribution in [-0.4, -0.2) is 53.4 Å². The Morgan fingerprint density at radius 3 is 2.42 bits per heavy atom. The molecular formula is C13H24N4OS. The van der Waals surface area contributed by atoms with Crippen LogP contribution in [-0.2, 0) is 0 Å². The second-order valence-electron chi connectivity index (χ2n) is 4.34. The number of amides is 1. The average Bonchev–Trinajstić information content (AvgIpc) is 2.85. The molecule has 0 aliphatic rings. The predicted octanol–water partition coefficient (Wildman–Crippen LogP) is 1.92. The lowest BCUT2D eigenvalue weighted by molar-refractivity contribution is 0.0752. The summed E-state index contributed by atoms with van der Waals surface area (Å²) in [5.41, 5.74) is 6.03. The normalized spacial score (nSPS) is 10.9. The molecule has 1 aromatic heterocycles. The highest BCUT2D eigenvalue weighted by molar-refractivity contribution is 7.13. The van der Waals surface area contributed by atoms with E-state index in [4.69, 9.17) is 5.73 Å². The number of carbonyl (C=O) groups is 1. The lowest BCUT2D eigenvalue weighted by Gasteiger charge is -2.23. The van der Waals surface area contributed by atoms with Gasteiger partial charge in [-0.3, -0.25) is 4.79 Å². The van der Waals surface area contributed by atoms with E-state index in [1.807, 2.05) is 11.8 Å². The van der Waals surface area contributed by atoms with Crippen molar-refractivity contribution < 1.29 is 4.79 Å². The lowest BCUT2D eigenvalue weighted by atomic mass is 10.3. The summed E-state index contributed by atoms with van der Waals surface area (Å²) in [6.07, 6.45) is 0.987. The molecule has 108 valence electrons. The number of hydrogen-bond donors (Lipinski definition) is 1. The zero-order valence-corrected chi connectivity index (χ0v) is 12.9. The van der Waals surface area contributed by atoms with Crippen molar-refractivity contribution in [1.29, 1.82) is 0 Å². The summed E-state index contributed by atoms with van der Waals surface area (Å²) in [6.45, 7) is 10.9. The van der Waals surface area contributed by atoms with Crippen LogP contribution < -0.4 is 5.73 Å². The SMILES string of the molecule is CCN(CC)CCCN(CC)C(=O)c1csc(N)n1. The van der Waals surface area contributed by atoms with Crippen molar-refractivity contribution in [1.82, 2.24) is 14.8 Å². The lowest BCUT2D eigenvalue weighted by Crippen LogP contribution is -2.34. The molecular weight excluding hydrogens is 260 g/mol. The third kappa shape index (κ3) is 4.80. The van der Waals surface area contributed by atoms with Gasteiger partial charge in [0.25, 0.3) is 5.91 Å². The van der Waals surface area contributed by atoms with E-state index in [0.717, 1.165) is 32.6 Å². The Balaban J connectivity index is 2.47. The van der Waals surface area contributed by atoms with E-state index >= 15 is 0 Å². The molecule has 0 aliphatic carbocycles. The van der Waals surface area contributed by atoms with Crippen LogP contribution in [0.4, 0.5) is 5.13 Å². The van der Waals surface area contributed by atoms with E-state index in [2.05, 4.69) is 23.7 Å². The largest absolute Gasteiger partial charge is 0.375 e. The standard InChI is InChI=1S/C13H24N4OS/c1-4-16(5-2)8-7-9-17(6-3)12(18)11-10-19-13(14)15-11/h10H,4-9H2,1-3H3,(H2,14,15). The molecule has 6 heteroatoms. The van der Waals surface area contributed by atoms with Crippen LogP contribution in [0.15, 0.2) is 5.38 Å². The van der Waals surface area contributed by atoms with Gasteiger partial charge in [0, 0.05) is 18.5 Å². The number of nitrogens with zero attached hydrogens (tertiary/aromatic N) is 3. The molecule has 0 saturated heterocycles. The fraction of sp³-hybridized carbons (Fsp3) is 0.692. The Morgan fingerprint density at radius 2 is 1.95 bits per heavy atom. The van der Waals surface area contributed by atoms with Crippen molar-refractivity contribution in [2.45, 2.75) is 27.2 Å². The number of nitrogen functional groups attached to an aromatic ring is 1. The highest BCUT2D eigenvalue weighted by Gasteiger charge is 2.16. The topological polar surface area (TPSA) is 62.5 Å². The number of aromatic nitrogens is 1. The van der Waals surface area contributed by atoms with Gasteiger partial charge in [-0.2, -0.15) is 0 Å². The molecule has 5 nitrogen and oxygen atoms in total. The first-order valence-corrected chi connectivity index (χ1v) is 7.72. The molecule has 0 aromatic carbocycles. The predicted molar refractivity (Wildman–Crippen MR) is 80.5 cm³/mol. The molecule has 0 unspecified atom stereocenters. The van der Waals surface area contributed by atoms with Gasteiger partial charge in [0.1, 0.15) is 5.69 Å². The van der Waals surface area contributed by atoms with Crippen molar-refractivity contribution in [3.8, 4) is 0 Å². The van der Waals surface area contributed by atoms with E-state index in [1.165, 1.54) is 11.3 Å². The molecule has 1 heterocycles. The van der Waals surface area contributed by atoms with Crippen LogP contribution in [0.25, 0.3) is 0 Å². The highest BCUT2D eigenvalue weighted by Crippen LogP contribution is 2.13. The molecule has 1 aromatic rings. The Kier molecular flexibility index (Phi) is 6.80. The first-order valence-electron chi connectivity index (χ1n) is 6.84. The van der Waals surface area contributed by atoms with Gasteiger partial charge in [0.05, 0.1) is 0 Å². The average molecular weight is 284 g/mol. The number of nitrogens with two attached hydrogens (primary N) is 1. The zero-order chi connectivity index (χ0) is 14.3. The molecule has 1 amide bonds.